The van der Waals surface area contributed by atoms with E-state index in [9.17, 15) is 9.59 Å². The van der Waals surface area contributed by atoms with Crippen molar-refractivity contribution in [1.82, 2.24) is 0 Å². The number of carbonyl (C=O) groups is 2. The summed E-state index contributed by atoms with van der Waals surface area (Å²) in [5.74, 6) is -1.17. The average Bonchev–Trinajstić information content (AvgIpc) is 1.98. The van der Waals surface area contributed by atoms with E-state index in [0.717, 1.165) is 0 Å². The maximum Gasteiger partial charge on any atom is 0.347 e. The van der Waals surface area contributed by atoms with Gasteiger partial charge in [0.15, 0.2) is 6.10 Å². The zero-order valence-corrected chi connectivity index (χ0v) is 8.26. The van der Waals surface area contributed by atoms with E-state index in [2.05, 4.69) is 16.1 Å². The van der Waals surface area contributed by atoms with Crippen LogP contribution >= 0.6 is 11.6 Å². The van der Waals surface area contributed by atoms with Gasteiger partial charge in [-0.1, -0.05) is 18.2 Å². The summed E-state index contributed by atoms with van der Waals surface area (Å²) in [6.45, 7) is 5.88. The molecule has 0 aromatic heterocycles. The van der Waals surface area contributed by atoms with Crippen molar-refractivity contribution in [2.45, 2.75) is 20.0 Å². The van der Waals surface area contributed by atoms with Crippen LogP contribution in [0.3, 0.4) is 0 Å². The summed E-state index contributed by atoms with van der Waals surface area (Å²) in [6, 6.07) is 0. The fraction of sp³-hybridized carbons (Fsp3) is 0.500. The molecule has 0 bridgehead atoms. The summed E-state index contributed by atoms with van der Waals surface area (Å²) in [7, 11) is 0. The molecule has 0 fully saturated rings. The standard InChI is InChI=1S/C8H11ClO4/c1-5(9)4-12-8(11)6(2)13-7(3)10/h6H,1,4H2,2-3H3/t6-/m1/s1. The van der Waals surface area contributed by atoms with Crippen molar-refractivity contribution in [3.05, 3.63) is 11.6 Å². The van der Waals surface area contributed by atoms with E-state index in [1.54, 1.807) is 0 Å². The second-order valence-corrected chi connectivity index (χ2v) is 2.91. The molecular formula is C8H11ClO4. The first-order valence-corrected chi connectivity index (χ1v) is 3.98. The highest BCUT2D eigenvalue weighted by molar-refractivity contribution is 6.29. The number of hydrogen-bond donors (Lipinski definition) is 0. The molecule has 74 valence electrons. The highest BCUT2D eigenvalue weighted by Crippen LogP contribution is 2.00. The zero-order chi connectivity index (χ0) is 10.4. The van der Waals surface area contributed by atoms with E-state index in [1.165, 1.54) is 13.8 Å². The highest BCUT2D eigenvalue weighted by Gasteiger charge is 2.16. The lowest BCUT2D eigenvalue weighted by Gasteiger charge is -2.10. The monoisotopic (exact) mass is 206 g/mol. The SMILES string of the molecule is C=C(Cl)COC(=O)[C@@H](C)OC(C)=O. The molecule has 0 aliphatic rings. The summed E-state index contributed by atoms with van der Waals surface area (Å²) in [5, 5.41) is 0.211. The fourth-order valence-electron chi connectivity index (χ4n) is 0.564. The van der Waals surface area contributed by atoms with E-state index < -0.39 is 18.0 Å². The maximum atomic E-state index is 11.0. The summed E-state index contributed by atoms with van der Waals surface area (Å²) < 4.78 is 9.18. The molecule has 0 heterocycles. The number of halogens is 1. The third-order valence-corrected chi connectivity index (χ3v) is 1.15. The molecule has 4 nitrogen and oxygen atoms in total. The van der Waals surface area contributed by atoms with Crippen LogP contribution in [0.5, 0.6) is 0 Å². The molecule has 0 spiro atoms. The van der Waals surface area contributed by atoms with Crippen LogP contribution in [0.1, 0.15) is 13.8 Å². The van der Waals surface area contributed by atoms with Gasteiger partial charge in [-0.15, -0.1) is 0 Å². The molecule has 0 radical (unpaired) electrons. The Labute approximate surface area is 81.5 Å². The predicted molar refractivity (Wildman–Crippen MR) is 47.2 cm³/mol. The lowest BCUT2D eigenvalue weighted by molar-refractivity contribution is -0.164. The molecule has 0 saturated heterocycles. The molecular weight excluding hydrogens is 196 g/mol. The van der Waals surface area contributed by atoms with Gasteiger partial charge in [0.2, 0.25) is 0 Å². The van der Waals surface area contributed by atoms with Gasteiger partial charge in [-0.25, -0.2) is 4.79 Å². The van der Waals surface area contributed by atoms with Gasteiger partial charge < -0.3 is 9.47 Å². The van der Waals surface area contributed by atoms with Crippen molar-refractivity contribution in [3.63, 3.8) is 0 Å². The van der Waals surface area contributed by atoms with Crippen LogP contribution in [-0.4, -0.2) is 24.6 Å². The molecule has 5 heteroatoms. The molecule has 0 amide bonds. The van der Waals surface area contributed by atoms with Crippen LogP contribution in [0.4, 0.5) is 0 Å². The molecule has 1 atom stereocenters. The summed E-state index contributed by atoms with van der Waals surface area (Å²) >= 11 is 5.35. The van der Waals surface area contributed by atoms with Crippen LogP contribution in [0.25, 0.3) is 0 Å². The Balaban J connectivity index is 3.82. The van der Waals surface area contributed by atoms with Crippen LogP contribution < -0.4 is 0 Å². The van der Waals surface area contributed by atoms with E-state index in [0.29, 0.717) is 0 Å². The molecule has 0 rings (SSSR count). The molecule has 13 heavy (non-hydrogen) atoms. The van der Waals surface area contributed by atoms with Gasteiger partial charge >= 0.3 is 11.9 Å². The van der Waals surface area contributed by atoms with Crippen molar-refractivity contribution in [2.75, 3.05) is 6.61 Å². The Morgan fingerprint density at radius 2 is 2.08 bits per heavy atom. The maximum absolute atomic E-state index is 11.0. The van der Waals surface area contributed by atoms with Gasteiger partial charge in [-0.05, 0) is 6.92 Å². The Bertz CT molecular complexity index is 224. The quantitative estimate of drug-likeness (QED) is 0.650. The summed E-state index contributed by atoms with van der Waals surface area (Å²) in [5.41, 5.74) is 0. The second kappa shape index (κ2) is 5.59. The lowest BCUT2D eigenvalue weighted by Crippen LogP contribution is -2.25. The van der Waals surface area contributed by atoms with Crippen molar-refractivity contribution >= 4 is 23.5 Å². The smallest absolute Gasteiger partial charge is 0.347 e. The fourth-order valence-corrected chi connectivity index (χ4v) is 0.618. The third kappa shape index (κ3) is 6.16. The van der Waals surface area contributed by atoms with E-state index >= 15 is 0 Å². The minimum Gasteiger partial charge on any atom is -0.457 e. The number of hydrogen-bond acceptors (Lipinski definition) is 4. The van der Waals surface area contributed by atoms with E-state index in [-0.39, 0.29) is 11.6 Å². The number of ether oxygens (including phenoxy) is 2. The first kappa shape index (κ1) is 12.0. The van der Waals surface area contributed by atoms with Crippen molar-refractivity contribution in [1.29, 1.82) is 0 Å². The van der Waals surface area contributed by atoms with Crippen molar-refractivity contribution < 1.29 is 19.1 Å². The van der Waals surface area contributed by atoms with Gasteiger partial charge in [0.05, 0.1) is 0 Å². The predicted octanol–water partition coefficient (Wildman–Crippen LogP) is 1.23. The Hall–Kier alpha value is -1.03. The zero-order valence-electron chi connectivity index (χ0n) is 7.50. The van der Waals surface area contributed by atoms with Crippen molar-refractivity contribution in [3.8, 4) is 0 Å². The highest BCUT2D eigenvalue weighted by atomic mass is 35.5. The minimum atomic E-state index is -0.909. The third-order valence-electron chi connectivity index (χ3n) is 1.05. The molecule has 0 aromatic rings. The molecule has 0 unspecified atom stereocenters. The molecule has 0 N–H and O–H groups in total. The van der Waals surface area contributed by atoms with E-state index in [1.807, 2.05) is 0 Å². The van der Waals surface area contributed by atoms with Gasteiger partial charge in [0, 0.05) is 12.0 Å². The molecule has 0 aromatic carbocycles. The summed E-state index contributed by atoms with van der Waals surface area (Å²) in [4.78, 5) is 21.4. The Kier molecular flexibility index (Phi) is 5.14. The molecule has 0 saturated carbocycles. The normalized spacial score (nSPS) is 11.6. The first-order valence-electron chi connectivity index (χ1n) is 3.60. The van der Waals surface area contributed by atoms with Gasteiger partial charge in [-0.3, -0.25) is 4.79 Å². The lowest BCUT2D eigenvalue weighted by atomic mass is 10.4. The number of rotatable bonds is 4. The van der Waals surface area contributed by atoms with E-state index in [4.69, 9.17) is 11.6 Å². The van der Waals surface area contributed by atoms with Crippen LogP contribution in [0.15, 0.2) is 11.6 Å². The van der Waals surface area contributed by atoms with Crippen LogP contribution in [-0.2, 0) is 19.1 Å². The largest absolute Gasteiger partial charge is 0.457 e. The van der Waals surface area contributed by atoms with Gasteiger partial charge in [0.1, 0.15) is 6.61 Å². The van der Waals surface area contributed by atoms with Gasteiger partial charge in [-0.2, -0.15) is 0 Å². The number of esters is 2. The Morgan fingerprint density at radius 1 is 1.54 bits per heavy atom. The topological polar surface area (TPSA) is 52.6 Å². The van der Waals surface area contributed by atoms with Crippen LogP contribution in [0, 0.1) is 0 Å². The minimum absolute atomic E-state index is 0.0774. The molecule has 0 aliphatic carbocycles. The number of carbonyl (C=O) groups excluding carboxylic acids is 2. The van der Waals surface area contributed by atoms with Crippen molar-refractivity contribution in [2.24, 2.45) is 0 Å². The first-order chi connectivity index (χ1) is 5.93. The Morgan fingerprint density at radius 3 is 2.46 bits per heavy atom. The van der Waals surface area contributed by atoms with Gasteiger partial charge in [0.25, 0.3) is 0 Å². The van der Waals surface area contributed by atoms with Crippen LogP contribution in [0.2, 0.25) is 0 Å². The summed E-state index contributed by atoms with van der Waals surface area (Å²) in [6.07, 6.45) is -0.909. The molecule has 0 aliphatic heterocycles. The average molecular weight is 207 g/mol. The second-order valence-electron chi connectivity index (χ2n) is 2.38.